The number of nitrogens with one attached hydrogen (secondary N) is 2. The van der Waals surface area contributed by atoms with E-state index in [4.69, 9.17) is 0 Å². The molecule has 0 spiro atoms. The van der Waals surface area contributed by atoms with Gasteiger partial charge in [0.05, 0.1) is 11.4 Å². The SMILES string of the molecule is Cl.O=C1CN(C(=O)CCC(=O)N2CCC(NCC3CC3)CC2)c2ccccc2N1. The number of rotatable bonds is 6. The Labute approximate surface area is 177 Å². The van der Waals surface area contributed by atoms with Gasteiger partial charge < -0.3 is 20.4 Å². The minimum Gasteiger partial charge on any atom is -0.343 e. The molecule has 8 heteroatoms. The maximum absolute atomic E-state index is 12.7. The molecule has 1 saturated heterocycles. The van der Waals surface area contributed by atoms with Gasteiger partial charge in [-0.25, -0.2) is 0 Å². The summed E-state index contributed by atoms with van der Waals surface area (Å²) in [5.41, 5.74) is 1.33. The molecule has 0 unspecified atom stereocenters. The summed E-state index contributed by atoms with van der Waals surface area (Å²) in [6.45, 7) is 2.62. The van der Waals surface area contributed by atoms with Crippen LogP contribution in [0.3, 0.4) is 0 Å². The number of nitrogens with zero attached hydrogens (tertiary/aromatic N) is 2. The second-order valence-electron chi connectivity index (χ2n) is 8.05. The third-order valence-corrected chi connectivity index (χ3v) is 5.86. The first kappa shape index (κ1) is 21.6. The summed E-state index contributed by atoms with van der Waals surface area (Å²) in [6, 6.07) is 7.76. The van der Waals surface area contributed by atoms with E-state index in [9.17, 15) is 14.4 Å². The number of piperidine rings is 1. The number of amides is 3. The molecule has 2 fully saturated rings. The number of benzene rings is 1. The summed E-state index contributed by atoms with van der Waals surface area (Å²) in [6.07, 6.45) is 4.97. The highest BCUT2D eigenvalue weighted by molar-refractivity contribution is 6.10. The molecule has 2 N–H and O–H groups in total. The number of anilines is 2. The smallest absolute Gasteiger partial charge is 0.244 e. The van der Waals surface area contributed by atoms with Gasteiger partial charge in [-0.2, -0.15) is 0 Å². The second kappa shape index (κ2) is 9.59. The average molecular weight is 421 g/mol. The molecule has 1 aromatic carbocycles. The van der Waals surface area contributed by atoms with Crippen LogP contribution in [0.15, 0.2) is 24.3 Å². The Hall–Kier alpha value is -2.12. The Balaban J connectivity index is 0.00000240. The van der Waals surface area contributed by atoms with Crippen LogP contribution in [0, 0.1) is 5.92 Å². The Morgan fingerprint density at radius 1 is 1.03 bits per heavy atom. The van der Waals surface area contributed by atoms with Gasteiger partial charge in [0.25, 0.3) is 0 Å². The van der Waals surface area contributed by atoms with E-state index >= 15 is 0 Å². The number of carbonyl (C=O) groups excluding carboxylic acids is 3. The van der Waals surface area contributed by atoms with E-state index in [0.717, 1.165) is 38.4 Å². The van der Waals surface area contributed by atoms with Gasteiger partial charge in [0, 0.05) is 32.0 Å². The van der Waals surface area contributed by atoms with Crippen LogP contribution in [0.25, 0.3) is 0 Å². The lowest BCUT2D eigenvalue weighted by atomic mass is 10.0. The Morgan fingerprint density at radius 2 is 1.72 bits per heavy atom. The molecule has 1 aromatic rings. The van der Waals surface area contributed by atoms with E-state index in [1.165, 1.54) is 17.7 Å². The van der Waals surface area contributed by atoms with Gasteiger partial charge >= 0.3 is 0 Å². The van der Waals surface area contributed by atoms with Crippen LogP contribution < -0.4 is 15.5 Å². The zero-order valence-corrected chi connectivity index (χ0v) is 17.4. The lowest BCUT2D eigenvalue weighted by Crippen LogP contribution is -2.46. The normalized spacial score (nSPS) is 19.2. The van der Waals surface area contributed by atoms with Crippen LogP contribution in [0.1, 0.15) is 38.5 Å². The van der Waals surface area contributed by atoms with Gasteiger partial charge in [-0.3, -0.25) is 14.4 Å². The molecule has 2 aliphatic heterocycles. The standard InChI is InChI=1S/C21H28N4O3.ClH/c26-19-14-25(18-4-2-1-3-17(18)23-19)21(28)8-7-20(27)24-11-9-16(10-12-24)22-13-15-5-6-15;/h1-4,15-16,22H,5-14H2,(H,23,26);1H. The molecule has 2 heterocycles. The Morgan fingerprint density at radius 3 is 2.45 bits per heavy atom. The minimum absolute atomic E-state index is 0. The van der Waals surface area contributed by atoms with Crippen molar-refractivity contribution >= 4 is 41.5 Å². The van der Waals surface area contributed by atoms with E-state index in [1.54, 1.807) is 6.07 Å². The summed E-state index contributed by atoms with van der Waals surface area (Å²) in [7, 11) is 0. The predicted molar refractivity (Wildman–Crippen MR) is 114 cm³/mol. The molecule has 158 valence electrons. The molecular formula is C21H29ClN4O3. The number of fused-ring (bicyclic) bond motifs is 1. The zero-order chi connectivity index (χ0) is 19.5. The zero-order valence-electron chi connectivity index (χ0n) is 16.6. The molecule has 0 atom stereocenters. The fourth-order valence-corrected chi connectivity index (χ4v) is 3.95. The summed E-state index contributed by atoms with van der Waals surface area (Å²) in [5, 5.41) is 6.39. The molecular weight excluding hydrogens is 392 g/mol. The first-order chi connectivity index (χ1) is 13.6. The number of likely N-dealkylation sites (tertiary alicyclic amines) is 1. The van der Waals surface area contributed by atoms with Gasteiger partial charge in [-0.05, 0) is 50.3 Å². The topological polar surface area (TPSA) is 81.8 Å². The van der Waals surface area contributed by atoms with Crippen LogP contribution in [-0.2, 0) is 14.4 Å². The lowest BCUT2D eigenvalue weighted by molar-refractivity contribution is -0.134. The molecule has 0 aromatic heterocycles. The molecule has 3 amide bonds. The minimum atomic E-state index is -0.209. The Bertz CT molecular complexity index is 760. The quantitative estimate of drug-likeness (QED) is 0.738. The largest absolute Gasteiger partial charge is 0.343 e. The van der Waals surface area contributed by atoms with Gasteiger partial charge in [0.15, 0.2) is 0 Å². The van der Waals surface area contributed by atoms with Gasteiger partial charge in [-0.15, -0.1) is 12.4 Å². The highest BCUT2D eigenvalue weighted by Gasteiger charge is 2.29. The van der Waals surface area contributed by atoms with Crippen molar-refractivity contribution in [2.75, 3.05) is 36.4 Å². The van der Waals surface area contributed by atoms with Gasteiger partial charge in [0.1, 0.15) is 6.54 Å². The molecule has 4 rings (SSSR count). The van der Waals surface area contributed by atoms with Crippen molar-refractivity contribution < 1.29 is 14.4 Å². The first-order valence-electron chi connectivity index (χ1n) is 10.3. The third kappa shape index (κ3) is 5.48. The van der Waals surface area contributed by atoms with Crippen LogP contribution in [0.4, 0.5) is 11.4 Å². The van der Waals surface area contributed by atoms with E-state index in [2.05, 4.69) is 10.6 Å². The van der Waals surface area contributed by atoms with E-state index in [1.807, 2.05) is 23.1 Å². The van der Waals surface area contributed by atoms with Crippen molar-refractivity contribution in [3.8, 4) is 0 Å². The van der Waals surface area contributed by atoms with Crippen molar-refractivity contribution in [2.45, 2.75) is 44.6 Å². The van der Waals surface area contributed by atoms with Crippen molar-refractivity contribution in [1.82, 2.24) is 10.2 Å². The first-order valence-corrected chi connectivity index (χ1v) is 10.3. The number of para-hydroxylation sites is 2. The fraction of sp³-hybridized carbons (Fsp3) is 0.571. The summed E-state index contributed by atoms with van der Waals surface area (Å²) in [5.74, 6) is 0.507. The summed E-state index contributed by atoms with van der Waals surface area (Å²) in [4.78, 5) is 40.4. The summed E-state index contributed by atoms with van der Waals surface area (Å²) >= 11 is 0. The number of carbonyl (C=O) groups is 3. The molecule has 29 heavy (non-hydrogen) atoms. The maximum Gasteiger partial charge on any atom is 0.244 e. The van der Waals surface area contributed by atoms with Crippen molar-refractivity contribution in [3.05, 3.63) is 24.3 Å². The monoisotopic (exact) mass is 420 g/mol. The van der Waals surface area contributed by atoms with Crippen molar-refractivity contribution in [2.24, 2.45) is 5.92 Å². The van der Waals surface area contributed by atoms with Crippen LogP contribution in [0.2, 0.25) is 0 Å². The van der Waals surface area contributed by atoms with E-state index in [0.29, 0.717) is 17.4 Å². The molecule has 1 saturated carbocycles. The third-order valence-electron chi connectivity index (χ3n) is 5.86. The Kier molecular flexibility index (Phi) is 7.14. The molecule has 7 nitrogen and oxygen atoms in total. The van der Waals surface area contributed by atoms with Gasteiger partial charge in [0.2, 0.25) is 17.7 Å². The highest BCUT2D eigenvalue weighted by atomic mass is 35.5. The molecule has 0 bridgehead atoms. The highest BCUT2D eigenvalue weighted by Crippen LogP contribution is 2.30. The number of hydrogen-bond acceptors (Lipinski definition) is 4. The molecule has 0 radical (unpaired) electrons. The second-order valence-corrected chi connectivity index (χ2v) is 8.05. The van der Waals surface area contributed by atoms with E-state index < -0.39 is 0 Å². The maximum atomic E-state index is 12.7. The van der Waals surface area contributed by atoms with Crippen molar-refractivity contribution in [1.29, 1.82) is 0 Å². The van der Waals surface area contributed by atoms with Crippen LogP contribution >= 0.6 is 12.4 Å². The number of hydrogen-bond donors (Lipinski definition) is 2. The van der Waals surface area contributed by atoms with Crippen LogP contribution in [-0.4, -0.2) is 54.8 Å². The summed E-state index contributed by atoms with van der Waals surface area (Å²) < 4.78 is 0. The van der Waals surface area contributed by atoms with Crippen molar-refractivity contribution in [3.63, 3.8) is 0 Å². The lowest BCUT2D eigenvalue weighted by Gasteiger charge is -2.33. The molecule has 1 aliphatic carbocycles. The van der Waals surface area contributed by atoms with E-state index in [-0.39, 0.29) is 49.5 Å². The number of halogens is 1. The van der Waals surface area contributed by atoms with Gasteiger partial charge in [-0.1, -0.05) is 12.1 Å². The van der Waals surface area contributed by atoms with Crippen LogP contribution in [0.5, 0.6) is 0 Å². The molecule has 3 aliphatic rings. The average Bonchev–Trinajstić information content (AvgIpc) is 3.54. The predicted octanol–water partition coefficient (Wildman–Crippen LogP) is 2.16. The fourth-order valence-electron chi connectivity index (χ4n) is 3.95.